The maximum absolute atomic E-state index is 12.5. The van der Waals surface area contributed by atoms with Crippen molar-refractivity contribution in [2.24, 2.45) is 5.73 Å². The van der Waals surface area contributed by atoms with Crippen LogP contribution in [0.15, 0.2) is 42.5 Å². The van der Waals surface area contributed by atoms with E-state index in [1.165, 1.54) is 12.7 Å². The summed E-state index contributed by atoms with van der Waals surface area (Å²) in [7, 11) is 1.43. The standard InChI is InChI=1S/C28H34N4O4.2H2/c1-19(33)32-18-28(11-15-30(16-12-28)23-9-13-31(14-10-23)27(35)36-2)24-17-22(7-8-25(24)32)20-3-5-21(6-4-20)26(29)34;;/h3-8,17,23H,9-16,18H2,1-2H3,(H2,29,34);2*1H. The molecule has 1 spiro atoms. The number of nitrogens with two attached hydrogens (primary N) is 1. The molecule has 0 bridgehead atoms. The van der Waals surface area contributed by atoms with Crippen molar-refractivity contribution in [2.45, 2.75) is 44.1 Å². The molecule has 3 aliphatic heterocycles. The van der Waals surface area contributed by atoms with Gasteiger partial charge in [0.05, 0.1) is 7.11 Å². The van der Waals surface area contributed by atoms with Gasteiger partial charge in [0.25, 0.3) is 0 Å². The van der Waals surface area contributed by atoms with Crippen molar-refractivity contribution < 1.29 is 22.0 Å². The summed E-state index contributed by atoms with van der Waals surface area (Å²) < 4.78 is 4.87. The lowest BCUT2D eigenvalue weighted by atomic mass is 9.73. The number of hydrogen-bond acceptors (Lipinski definition) is 5. The zero-order valence-corrected chi connectivity index (χ0v) is 21.0. The van der Waals surface area contributed by atoms with Crippen LogP contribution in [0.25, 0.3) is 11.1 Å². The van der Waals surface area contributed by atoms with Crippen molar-refractivity contribution in [2.75, 3.05) is 44.7 Å². The largest absolute Gasteiger partial charge is 0.453 e. The number of piperidine rings is 2. The van der Waals surface area contributed by atoms with Gasteiger partial charge in [-0.05, 0) is 79.7 Å². The number of anilines is 1. The number of amides is 3. The summed E-state index contributed by atoms with van der Waals surface area (Å²) in [6, 6.07) is 14.2. The zero-order chi connectivity index (χ0) is 25.4. The van der Waals surface area contributed by atoms with E-state index >= 15 is 0 Å². The van der Waals surface area contributed by atoms with Crippen LogP contribution in [-0.4, -0.2) is 73.6 Å². The van der Waals surface area contributed by atoms with E-state index in [0.29, 0.717) is 11.6 Å². The van der Waals surface area contributed by atoms with Crippen LogP contribution >= 0.6 is 0 Å². The molecule has 2 aromatic carbocycles. The van der Waals surface area contributed by atoms with E-state index in [1.807, 2.05) is 17.0 Å². The molecule has 194 valence electrons. The van der Waals surface area contributed by atoms with Crippen LogP contribution in [0.2, 0.25) is 0 Å². The number of hydrogen-bond donors (Lipinski definition) is 1. The summed E-state index contributed by atoms with van der Waals surface area (Å²) in [4.78, 5) is 42.1. The molecular formula is C28H38N4O4. The molecule has 2 N–H and O–H groups in total. The van der Waals surface area contributed by atoms with Crippen LogP contribution in [-0.2, 0) is 14.9 Å². The number of likely N-dealkylation sites (tertiary alicyclic amines) is 2. The maximum atomic E-state index is 12.5. The average Bonchev–Trinajstić information content (AvgIpc) is 3.22. The minimum absolute atomic E-state index is 0. The second-order valence-electron chi connectivity index (χ2n) is 10.3. The molecule has 36 heavy (non-hydrogen) atoms. The van der Waals surface area contributed by atoms with Crippen LogP contribution < -0.4 is 10.6 Å². The van der Waals surface area contributed by atoms with Gasteiger partial charge in [0, 0.05) is 52.1 Å². The molecule has 3 aliphatic rings. The Morgan fingerprint density at radius 3 is 2.19 bits per heavy atom. The van der Waals surface area contributed by atoms with Gasteiger partial charge in [0.2, 0.25) is 11.8 Å². The molecule has 8 nitrogen and oxygen atoms in total. The third-order valence-corrected chi connectivity index (χ3v) is 8.37. The molecule has 0 radical (unpaired) electrons. The minimum atomic E-state index is -0.436. The number of methoxy groups -OCH3 is 1. The molecule has 0 aromatic heterocycles. The van der Waals surface area contributed by atoms with E-state index in [0.717, 1.165) is 75.2 Å². The highest BCUT2D eigenvalue weighted by Crippen LogP contribution is 2.48. The fourth-order valence-corrected chi connectivity index (χ4v) is 6.24. The summed E-state index contributed by atoms with van der Waals surface area (Å²) in [6.45, 7) is 5.78. The summed E-state index contributed by atoms with van der Waals surface area (Å²) in [5.41, 5.74) is 10.2. The molecule has 0 unspecified atom stereocenters. The van der Waals surface area contributed by atoms with Crippen molar-refractivity contribution in [1.29, 1.82) is 0 Å². The second-order valence-corrected chi connectivity index (χ2v) is 10.3. The number of carbonyl (C=O) groups is 3. The molecule has 0 atom stereocenters. The smallest absolute Gasteiger partial charge is 0.409 e. The van der Waals surface area contributed by atoms with E-state index < -0.39 is 5.91 Å². The van der Waals surface area contributed by atoms with Crippen LogP contribution in [0.3, 0.4) is 0 Å². The first-order chi connectivity index (χ1) is 17.3. The topological polar surface area (TPSA) is 96.2 Å². The van der Waals surface area contributed by atoms with E-state index in [4.69, 9.17) is 10.5 Å². The lowest BCUT2D eigenvalue weighted by Crippen LogP contribution is -2.52. The summed E-state index contributed by atoms with van der Waals surface area (Å²) >= 11 is 0. The van der Waals surface area contributed by atoms with E-state index in [1.54, 1.807) is 24.0 Å². The molecule has 2 saturated heterocycles. The highest BCUT2D eigenvalue weighted by atomic mass is 16.5. The SMILES string of the molecule is COC(=O)N1CCC(N2CCC3(CC2)CN(C(C)=O)c2ccc(-c4ccc(C(N)=O)cc4)cc23)CC1.[HH].[HH]. The summed E-state index contributed by atoms with van der Waals surface area (Å²) in [5.74, 6) is -0.362. The Labute approximate surface area is 214 Å². The van der Waals surface area contributed by atoms with Gasteiger partial charge in [0.1, 0.15) is 0 Å². The Morgan fingerprint density at radius 2 is 1.61 bits per heavy atom. The Morgan fingerprint density at radius 1 is 0.972 bits per heavy atom. The predicted molar refractivity (Wildman–Crippen MR) is 142 cm³/mol. The van der Waals surface area contributed by atoms with Gasteiger partial charge < -0.3 is 25.2 Å². The normalized spacial score (nSPS) is 19.8. The molecular weight excluding hydrogens is 456 g/mol. The molecule has 3 amide bonds. The average molecular weight is 495 g/mol. The minimum Gasteiger partial charge on any atom is -0.453 e. The molecule has 8 heteroatoms. The van der Waals surface area contributed by atoms with Crippen LogP contribution in [0.4, 0.5) is 10.5 Å². The van der Waals surface area contributed by atoms with Crippen molar-refractivity contribution in [3.63, 3.8) is 0 Å². The Bertz CT molecular complexity index is 1170. The highest BCUT2D eigenvalue weighted by Gasteiger charge is 2.46. The lowest BCUT2D eigenvalue weighted by Gasteiger charge is -2.45. The van der Waals surface area contributed by atoms with Crippen molar-refractivity contribution in [3.8, 4) is 11.1 Å². The van der Waals surface area contributed by atoms with Gasteiger partial charge >= 0.3 is 6.09 Å². The first-order valence-corrected chi connectivity index (χ1v) is 12.7. The number of fused-ring (bicyclic) bond motifs is 2. The van der Waals surface area contributed by atoms with Crippen molar-refractivity contribution in [3.05, 3.63) is 53.6 Å². The van der Waals surface area contributed by atoms with E-state index in [2.05, 4.69) is 23.1 Å². The summed E-state index contributed by atoms with van der Waals surface area (Å²) in [5, 5.41) is 0. The molecule has 0 saturated carbocycles. The third-order valence-electron chi connectivity index (χ3n) is 8.37. The number of rotatable bonds is 3. The fraction of sp³-hybridized carbons (Fsp3) is 0.464. The third kappa shape index (κ3) is 4.34. The fourth-order valence-electron chi connectivity index (χ4n) is 6.24. The number of carbonyl (C=O) groups excluding carboxylic acids is 3. The predicted octanol–water partition coefficient (Wildman–Crippen LogP) is 3.88. The van der Waals surface area contributed by atoms with Gasteiger partial charge in [-0.3, -0.25) is 9.59 Å². The van der Waals surface area contributed by atoms with E-state index in [9.17, 15) is 14.4 Å². The molecule has 3 heterocycles. The summed E-state index contributed by atoms with van der Waals surface area (Å²) in [6.07, 6.45) is 3.67. The second kappa shape index (κ2) is 9.58. The molecule has 5 rings (SSSR count). The monoisotopic (exact) mass is 494 g/mol. The quantitative estimate of drug-likeness (QED) is 0.699. The Hall–Kier alpha value is -3.39. The van der Waals surface area contributed by atoms with Crippen LogP contribution in [0.5, 0.6) is 0 Å². The van der Waals surface area contributed by atoms with Gasteiger partial charge in [0.15, 0.2) is 0 Å². The number of ether oxygens (including phenoxy) is 1. The van der Waals surface area contributed by atoms with Gasteiger partial charge in [-0.1, -0.05) is 18.2 Å². The van der Waals surface area contributed by atoms with Crippen LogP contribution in [0.1, 0.15) is 51.4 Å². The Balaban J connectivity index is 0.00000200. The number of primary amides is 1. The van der Waals surface area contributed by atoms with Crippen LogP contribution in [0, 0.1) is 0 Å². The maximum Gasteiger partial charge on any atom is 0.409 e. The Kier molecular flexibility index (Phi) is 6.47. The first-order valence-electron chi connectivity index (χ1n) is 12.7. The molecule has 2 fully saturated rings. The first kappa shape index (κ1) is 24.3. The highest BCUT2D eigenvalue weighted by molar-refractivity contribution is 5.96. The zero-order valence-electron chi connectivity index (χ0n) is 21.0. The number of nitrogens with zero attached hydrogens (tertiary/aromatic N) is 3. The lowest BCUT2D eigenvalue weighted by molar-refractivity contribution is -0.116. The van der Waals surface area contributed by atoms with Gasteiger partial charge in [-0.2, -0.15) is 0 Å². The molecule has 0 aliphatic carbocycles. The van der Waals surface area contributed by atoms with Gasteiger partial charge in [-0.15, -0.1) is 0 Å². The number of benzene rings is 2. The van der Waals surface area contributed by atoms with Crippen molar-refractivity contribution in [1.82, 2.24) is 9.80 Å². The van der Waals surface area contributed by atoms with Crippen molar-refractivity contribution >= 4 is 23.6 Å². The van der Waals surface area contributed by atoms with Gasteiger partial charge in [-0.25, -0.2) is 4.79 Å². The molecule has 2 aromatic rings. The van der Waals surface area contributed by atoms with E-state index in [-0.39, 0.29) is 20.3 Å².